The van der Waals surface area contributed by atoms with Gasteiger partial charge in [-0.05, 0) is 38.8 Å². The van der Waals surface area contributed by atoms with Crippen molar-refractivity contribution in [1.82, 2.24) is 14.9 Å². The van der Waals surface area contributed by atoms with E-state index in [-0.39, 0.29) is 23.8 Å². The molecule has 1 aromatic heterocycles. The van der Waals surface area contributed by atoms with E-state index < -0.39 is 0 Å². The number of aromatic hydroxyl groups is 1. The Morgan fingerprint density at radius 2 is 1.59 bits per heavy atom. The van der Waals surface area contributed by atoms with Gasteiger partial charge in [-0.3, -0.25) is 4.79 Å². The molecule has 0 bridgehead atoms. The first kappa shape index (κ1) is 26.3. The first-order chi connectivity index (χ1) is 12.6. The topological polar surface area (TPSA) is 69.2 Å². The first-order valence-electron chi connectivity index (χ1n) is 10.3. The van der Waals surface area contributed by atoms with Crippen LogP contribution in [0, 0.1) is 0 Å². The highest BCUT2D eigenvalue weighted by Crippen LogP contribution is 2.18. The minimum atomic E-state index is -0.187. The molecule has 7 heteroatoms. The molecule has 0 aliphatic rings. The van der Waals surface area contributed by atoms with Crippen molar-refractivity contribution in [1.29, 1.82) is 0 Å². The summed E-state index contributed by atoms with van der Waals surface area (Å²) in [5.41, 5.74) is 0.246. The lowest BCUT2D eigenvalue weighted by atomic mass is 10.1. The normalized spacial score (nSPS) is 11.0. The van der Waals surface area contributed by atoms with E-state index in [4.69, 9.17) is 0 Å². The molecule has 0 saturated heterocycles. The maximum atomic E-state index is 12.2. The van der Waals surface area contributed by atoms with Gasteiger partial charge in [0.2, 0.25) is 5.88 Å². The molecule has 158 valence electrons. The van der Waals surface area contributed by atoms with E-state index >= 15 is 0 Å². The third-order valence-electron chi connectivity index (χ3n) is 4.48. The molecule has 0 spiro atoms. The third-order valence-corrected chi connectivity index (χ3v) is 5.33. The van der Waals surface area contributed by atoms with Gasteiger partial charge in [-0.25, -0.2) is 0 Å². The first-order valence-corrected chi connectivity index (χ1v) is 11.3. The van der Waals surface area contributed by atoms with Gasteiger partial charge >= 0.3 is 0 Å². The van der Waals surface area contributed by atoms with Gasteiger partial charge in [0.1, 0.15) is 0 Å². The number of thioether (sulfide) groups is 1. The van der Waals surface area contributed by atoms with Crippen LogP contribution < -0.4 is 18.0 Å². The third kappa shape index (κ3) is 11.0. The molecule has 0 aliphatic carbocycles. The van der Waals surface area contributed by atoms with Crippen LogP contribution in [0.25, 0.3) is 0 Å². The smallest absolute Gasteiger partial charge is 0.258 e. The minimum absolute atomic E-state index is 0. The second-order valence-corrected chi connectivity index (χ2v) is 7.96. The molecule has 0 amide bonds. The molecule has 0 fully saturated rings. The van der Waals surface area contributed by atoms with Crippen LogP contribution in [-0.2, 0) is 6.42 Å². The van der Waals surface area contributed by atoms with Crippen molar-refractivity contribution >= 4 is 11.8 Å². The van der Waals surface area contributed by atoms with E-state index in [2.05, 4.69) is 35.6 Å². The molecule has 2 N–H and O–H groups in total. The number of H-pyrrole nitrogens is 1. The number of hydrogen-bond donors (Lipinski definition) is 2. The summed E-state index contributed by atoms with van der Waals surface area (Å²) in [4.78, 5) is 21.7. The van der Waals surface area contributed by atoms with Crippen LogP contribution in [0.3, 0.4) is 0 Å². The Balaban J connectivity index is 0.00000676. The summed E-state index contributed by atoms with van der Waals surface area (Å²) in [6, 6.07) is 0. The number of nitrogens with one attached hydrogen (secondary N) is 1. The van der Waals surface area contributed by atoms with Crippen LogP contribution in [-0.4, -0.2) is 45.4 Å². The van der Waals surface area contributed by atoms with Crippen LogP contribution in [0.5, 0.6) is 5.88 Å². The summed E-state index contributed by atoms with van der Waals surface area (Å²) in [5, 5.41) is 10.7. The molecule has 0 saturated carbocycles. The molecule has 0 aromatic carbocycles. The molecule has 5 nitrogen and oxygen atoms in total. The molecular weight excluding hydrogens is 382 g/mol. The lowest BCUT2D eigenvalue weighted by Crippen LogP contribution is -3.00. The number of unbranched alkanes of at least 4 members (excludes halogenated alkanes) is 5. The van der Waals surface area contributed by atoms with Crippen LogP contribution >= 0.6 is 11.8 Å². The highest BCUT2D eigenvalue weighted by atomic mass is 35.5. The van der Waals surface area contributed by atoms with E-state index in [1.807, 2.05) is 0 Å². The van der Waals surface area contributed by atoms with Crippen molar-refractivity contribution < 1.29 is 17.5 Å². The second kappa shape index (κ2) is 16.3. The summed E-state index contributed by atoms with van der Waals surface area (Å²) >= 11 is 1.51. The Hall–Kier alpha value is -0.720. The van der Waals surface area contributed by atoms with Crippen molar-refractivity contribution in [2.45, 2.75) is 83.7 Å². The van der Waals surface area contributed by atoms with Crippen molar-refractivity contribution in [3.05, 3.63) is 15.9 Å². The maximum Gasteiger partial charge on any atom is 0.258 e. The van der Waals surface area contributed by atoms with Gasteiger partial charge in [-0.2, -0.15) is 4.98 Å². The average Bonchev–Trinajstić information content (AvgIpc) is 2.60. The molecule has 0 aliphatic heterocycles. The zero-order valence-corrected chi connectivity index (χ0v) is 18.8. The number of aromatic nitrogens is 2. The Bertz CT molecular complexity index is 549. The van der Waals surface area contributed by atoms with Gasteiger partial charge in [0, 0.05) is 12.3 Å². The van der Waals surface area contributed by atoms with Crippen molar-refractivity contribution in [2.75, 3.05) is 25.4 Å². The van der Waals surface area contributed by atoms with Gasteiger partial charge < -0.3 is 27.4 Å². The lowest BCUT2D eigenvalue weighted by Gasteiger charge is -2.20. The SMILES string of the molecule is CCCCCCCCc1c(O)nc(SCCN(CCC)CCC)[nH]c1=O.[Cl-]. The molecule has 0 unspecified atom stereocenters. The van der Waals surface area contributed by atoms with Gasteiger partial charge in [-0.15, -0.1) is 0 Å². The summed E-state index contributed by atoms with van der Waals surface area (Å²) < 4.78 is 0. The molecule has 1 heterocycles. The zero-order chi connectivity index (χ0) is 19.2. The number of halogens is 1. The van der Waals surface area contributed by atoms with Gasteiger partial charge in [0.15, 0.2) is 5.16 Å². The minimum Gasteiger partial charge on any atom is -1.00 e. The second-order valence-electron chi connectivity index (χ2n) is 6.88. The quantitative estimate of drug-likeness (QED) is 0.257. The highest BCUT2D eigenvalue weighted by Gasteiger charge is 2.11. The molecule has 27 heavy (non-hydrogen) atoms. The standard InChI is InChI=1S/C20H37N3O2S.ClH/c1-4-7-8-9-10-11-12-17-18(24)21-20(22-19(17)25)26-16-15-23(13-5-2)14-6-3;/h4-16H2,1-3H3,(H2,21,22,24,25);1H/p-1. The monoisotopic (exact) mass is 418 g/mol. The molecule has 1 rings (SSSR count). The number of rotatable bonds is 15. The Morgan fingerprint density at radius 1 is 0.963 bits per heavy atom. The highest BCUT2D eigenvalue weighted by molar-refractivity contribution is 7.99. The molecule has 0 atom stereocenters. The fraction of sp³-hybridized carbons (Fsp3) is 0.800. The van der Waals surface area contributed by atoms with E-state index in [0.29, 0.717) is 17.1 Å². The van der Waals surface area contributed by atoms with E-state index in [0.717, 1.165) is 51.1 Å². The number of aromatic amines is 1. The molecule has 0 radical (unpaired) electrons. The fourth-order valence-corrected chi connectivity index (χ4v) is 3.94. The summed E-state index contributed by atoms with van der Waals surface area (Å²) in [5.74, 6) is 0.767. The lowest BCUT2D eigenvalue weighted by molar-refractivity contribution is -0.00000697. The average molecular weight is 419 g/mol. The van der Waals surface area contributed by atoms with Crippen LogP contribution in [0.2, 0.25) is 0 Å². The van der Waals surface area contributed by atoms with Gasteiger partial charge in [0.05, 0.1) is 5.56 Å². The largest absolute Gasteiger partial charge is 1.00 e. The number of hydrogen-bond acceptors (Lipinski definition) is 5. The van der Waals surface area contributed by atoms with Crippen molar-refractivity contribution in [3.8, 4) is 5.88 Å². The van der Waals surface area contributed by atoms with Crippen LogP contribution in [0.4, 0.5) is 0 Å². The fourth-order valence-electron chi connectivity index (χ4n) is 3.08. The summed E-state index contributed by atoms with van der Waals surface area (Å²) in [6.07, 6.45) is 9.87. The Morgan fingerprint density at radius 3 is 2.19 bits per heavy atom. The van der Waals surface area contributed by atoms with Crippen molar-refractivity contribution in [3.63, 3.8) is 0 Å². The van der Waals surface area contributed by atoms with Gasteiger partial charge in [-0.1, -0.05) is 64.6 Å². The predicted molar refractivity (Wildman–Crippen MR) is 111 cm³/mol. The van der Waals surface area contributed by atoms with Gasteiger partial charge in [0.25, 0.3) is 5.56 Å². The predicted octanol–water partition coefficient (Wildman–Crippen LogP) is 1.60. The Kier molecular flexibility index (Phi) is 15.8. The van der Waals surface area contributed by atoms with Crippen molar-refractivity contribution in [2.24, 2.45) is 0 Å². The van der Waals surface area contributed by atoms with E-state index in [9.17, 15) is 9.90 Å². The summed E-state index contributed by atoms with van der Waals surface area (Å²) in [7, 11) is 0. The number of nitrogens with zero attached hydrogens (tertiary/aromatic N) is 2. The zero-order valence-electron chi connectivity index (χ0n) is 17.2. The molecular formula is C20H37ClN3O2S-. The Labute approximate surface area is 175 Å². The molecule has 1 aromatic rings. The van der Waals surface area contributed by atoms with E-state index in [1.54, 1.807) is 0 Å². The van der Waals surface area contributed by atoms with Crippen LogP contribution in [0.1, 0.15) is 77.7 Å². The van der Waals surface area contributed by atoms with E-state index in [1.165, 1.54) is 37.4 Å². The maximum absolute atomic E-state index is 12.2. The summed E-state index contributed by atoms with van der Waals surface area (Å²) in [6.45, 7) is 9.75. The van der Waals surface area contributed by atoms with Crippen LogP contribution in [0.15, 0.2) is 9.95 Å².